The molecule has 16 heavy (non-hydrogen) atoms. The molecule has 1 rings (SSSR count). The van der Waals surface area contributed by atoms with Crippen LogP contribution >= 0.6 is 11.8 Å². The number of aromatic nitrogens is 1. The van der Waals surface area contributed by atoms with Crippen molar-refractivity contribution in [1.29, 1.82) is 5.26 Å². The van der Waals surface area contributed by atoms with Crippen molar-refractivity contribution in [2.75, 3.05) is 16.8 Å². The maximum Gasteiger partial charge on any atom is 0.142 e. The lowest BCUT2D eigenvalue weighted by molar-refractivity contribution is 0.766. The molecule has 1 unspecified atom stereocenters. The second kappa shape index (κ2) is 7.13. The van der Waals surface area contributed by atoms with Gasteiger partial charge in [0.25, 0.3) is 0 Å². The summed E-state index contributed by atoms with van der Waals surface area (Å²) >= 11 is 1.94. The van der Waals surface area contributed by atoms with Gasteiger partial charge in [-0.05, 0) is 37.0 Å². The van der Waals surface area contributed by atoms with E-state index in [1.54, 1.807) is 6.07 Å². The maximum atomic E-state index is 8.73. The fourth-order valence-electron chi connectivity index (χ4n) is 1.31. The topological polar surface area (TPSA) is 48.7 Å². The zero-order valence-electron chi connectivity index (χ0n) is 9.73. The molecule has 1 atom stereocenters. The Balaban J connectivity index is 2.43. The van der Waals surface area contributed by atoms with Gasteiger partial charge in [0, 0.05) is 6.04 Å². The minimum atomic E-state index is 0.389. The van der Waals surface area contributed by atoms with Crippen LogP contribution in [0.4, 0.5) is 5.82 Å². The molecule has 0 aliphatic carbocycles. The van der Waals surface area contributed by atoms with Crippen LogP contribution in [0, 0.1) is 11.3 Å². The van der Waals surface area contributed by atoms with Crippen LogP contribution in [0.5, 0.6) is 0 Å². The summed E-state index contributed by atoms with van der Waals surface area (Å²) in [4.78, 5) is 4.18. The van der Waals surface area contributed by atoms with Gasteiger partial charge in [-0.3, -0.25) is 0 Å². The fraction of sp³-hybridized carbons (Fsp3) is 0.500. The number of hydrogen-bond acceptors (Lipinski definition) is 4. The van der Waals surface area contributed by atoms with Crippen molar-refractivity contribution in [3.8, 4) is 6.07 Å². The van der Waals surface area contributed by atoms with Crippen LogP contribution in [0.2, 0.25) is 0 Å². The number of nitrogens with one attached hydrogen (secondary N) is 1. The lowest BCUT2D eigenvalue weighted by atomic mass is 10.2. The second-order valence-corrected chi connectivity index (χ2v) is 4.94. The van der Waals surface area contributed by atoms with Crippen LogP contribution in [0.1, 0.15) is 26.0 Å². The first kappa shape index (κ1) is 12.9. The molecule has 0 amide bonds. The van der Waals surface area contributed by atoms with E-state index in [0.29, 0.717) is 11.7 Å². The summed E-state index contributed by atoms with van der Waals surface area (Å²) in [5.74, 6) is 3.10. The highest BCUT2D eigenvalue weighted by Crippen LogP contribution is 2.10. The predicted octanol–water partition coefficient (Wildman–Crippen LogP) is 2.90. The normalized spacial score (nSPS) is 11.8. The third-order valence-corrected chi connectivity index (χ3v) is 3.09. The van der Waals surface area contributed by atoms with E-state index in [1.807, 2.05) is 30.0 Å². The largest absolute Gasteiger partial charge is 0.368 e. The highest BCUT2D eigenvalue weighted by Gasteiger charge is 2.03. The Labute approximate surface area is 101 Å². The Morgan fingerprint density at radius 2 is 2.38 bits per heavy atom. The molecule has 1 heterocycles. The minimum absolute atomic E-state index is 0.389. The summed E-state index contributed by atoms with van der Waals surface area (Å²) in [5, 5.41) is 12.0. The second-order valence-electron chi connectivity index (χ2n) is 3.55. The molecule has 0 saturated carbocycles. The first-order chi connectivity index (χ1) is 7.76. The molecule has 0 aliphatic rings. The van der Waals surface area contributed by atoms with E-state index in [2.05, 4.69) is 24.1 Å². The van der Waals surface area contributed by atoms with Gasteiger partial charge in [0.15, 0.2) is 0 Å². The van der Waals surface area contributed by atoms with Crippen molar-refractivity contribution in [2.45, 2.75) is 26.3 Å². The van der Waals surface area contributed by atoms with E-state index in [1.165, 1.54) is 0 Å². The molecule has 1 N–H and O–H groups in total. The van der Waals surface area contributed by atoms with Crippen LogP contribution in [0.3, 0.4) is 0 Å². The van der Waals surface area contributed by atoms with Crippen molar-refractivity contribution in [1.82, 2.24) is 4.98 Å². The molecule has 4 heteroatoms. The highest BCUT2D eigenvalue weighted by atomic mass is 32.2. The van der Waals surface area contributed by atoms with E-state index < -0.39 is 0 Å². The first-order valence-electron chi connectivity index (χ1n) is 5.47. The third-order valence-electron chi connectivity index (χ3n) is 2.16. The molecule has 1 aromatic heterocycles. The number of nitriles is 1. The summed E-state index contributed by atoms with van der Waals surface area (Å²) in [6.45, 7) is 4.30. The van der Waals surface area contributed by atoms with Crippen molar-refractivity contribution >= 4 is 17.6 Å². The molecule has 3 nitrogen and oxygen atoms in total. The smallest absolute Gasteiger partial charge is 0.142 e. The molecule has 0 fully saturated rings. The Morgan fingerprint density at radius 3 is 3.06 bits per heavy atom. The quantitative estimate of drug-likeness (QED) is 0.770. The van der Waals surface area contributed by atoms with Crippen molar-refractivity contribution in [3.63, 3.8) is 0 Å². The summed E-state index contributed by atoms with van der Waals surface area (Å²) in [6.07, 6.45) is 1.11. The number of nitrogens with zero attached hydrogens (tertiary/aromatic N) is 2. The lowest BCUT2D eigenvalue weighted by Gasteiger charge is -2.13. The number of thioether (sulfide) groups is 1. The number of rotatable bonds is 6. The van der Waals surface area contributed by atoms with Gasteiger partial charge < -0.3 is 5.32 Å². The number of anilines is 1. The zero-order valence-corrected chi connectivity index (χ0v) is 10.5. The van der Waals surface area contributed by atoms with E-state index in [9.17, 15) is 0 Å². The van der Waals surface area contributed by atoms with Gasteiger partial charge in [-0.2, -0.15) is 17.0 Å². The maximum absolute atomic E-state index is 8.73. The Morgan fingerprint density at radius 1 is 1.56 bits per heavy atom. The molecule has 0 saturated heterocycles. The third kappa shape index (κ3) is 4.54. The van der Waals surface area contributed by atoms with Crippen LogP contribution < -0.4 is 5.32 Å². The van der Waals surface area contributed by atoms with Crippen molar-refractivity contribution in [2.24, 2.45) is 0 Å². The van der Waals surface area contributed by atoms with Gasteiger partial charge in [0.2, 0.25) is 0 Å². The summed E-state index contributed by atoms with van der Waals surface area (Å²) in [7, 11) is 0. The van der Waals surface area contributed by atoms with Crippen LogP contribution in [-0.2, 0) is 0 Å². The SMILES string of the molecule is CCSCCC(C)Nc1cccc(C#N)n1. The number of hydrogen-bond donors (Lipinski definition) is 1. The predicted molar refractivity (Wildman–Crippen MR) is 69.7 cm³/mol. The van der Waals surface area contributed by atoms with Crippen LogP contribution in [0.15, 0.2) is 18.2 Å². The lowest BCUT2D eigenvalue weighted by Crippen LogP contribution is -2.17. The summed E-state index contributed by atoms with van der Waals surface area (Å²) < 4.78 is 0. The standard InChI is InChI=1S/C12H17N3S/c1-3-16-8-7-10(2)14-12-6-4-5-11(9-13)15-12/h4-6,10H,3,7-8H2,1-2H3,(H,14,15). The summed E-state index contributed by atoms with van der Waals surface area (Å²) in [6, 6.07) is 7.88. The molecule has 0 aliphatic heterocycles. The fourth-order valence-corrected chi connectivity index (χ4v) is 2.12. The molecule has 0 spiro atoms. The van der Waals surface area contributed by atoms with E-state index in [0.717, 1.165) is 23.7 Å². The average molecular weight is 235 g/mol. The highest BCUT2D eigenvalue weighted by molar-refractivity contribution is 7.99. The Hall–Kier alpha value is -1.21. The monoisotopic (exact) mass is 235 g/mol. The molecular weight excluding hydrogens is 218 g/mol. The van der Waals surface area contributed by atoms with Gasteiger partial charge in [-0.25, -0.2) is 4.98 Å². The summed E-state index contributed by atoms with van der Waals surface area (Å²) in [5.41, 5.74) is 0.458. The molecule has 0 radical (unpaired) electrons. The van der Waals surface area contributed by atoms with Crippen molar-refractivity contribution < 1.29 is 0 Å². The zero-order chi connectivity index (χ0) is 11.8. The van der Waals surface area contributed by atoms with E-state index in [4.69, 9.17) is 5.26 Å². The van der Waals surface area contributed by atoms with Crippen LogP contribution in [-0.4, -0.2) is 22.5 Å². The van der Waals surface area contributed by atoms with Gasteiger partial charge in [0.1, 0.15) is 17.6 Å². The Bertz CT molecular complexity index is 360. The van der Waals surface area contributed by atoms with E-state index >= 15 is 0 Å². The molecule has 0 aromatic carbocycles. The minimum Gasteiger partial charge on any atom is -0.368 e. The molecule has 0 bridgehead atoms. The Kier molecular flexibility index (Phi) is 5.73. The first-order valence-corrected chi connectivity index (χ1v) is 6.63. The average Bonchev–Trinajstić information content (AvgIpc) is 2.29. The number of pyridine rings is 1. The molecule has 1 aromatic rings. The van der Waals surface area contributed by atoms with Crippen molar-refractivity contribution in [3.05, 3.63) is 23.9 Å². The van der Waals surface area contributed by atoms with Gasteiger partial charge >= 0.3 is 0 Å². The van der Waals surface area contributed by atoms with Gasteiger partial charge in [-0.15, -0.1) is 0 Å². The van der Waals surface area contributed by atoms with Gasteiger partial charge in [-0.1, -0.05) is 13.0 Å². The van der Waals surface area contributed by atoms with Gasteiger partial charge in [0.05, 0.1) is 0 Å². The van der Waals surface area contributed by atoms with E-state index in [-0.39, 0.29) is 0 Å². The molecular formula is C12H17N3S. The molecule has 86 valence electrons. The van der Waals surface area contributed by atoms with Crippen LogP contribution in [0.25, 0.3) is 0 Å².